The molecule has 0 bridgehead atoms. The third-order valence-corrected chi connectivity index (χ3v) is 3.39. The van der Waals surface area contributed by atoms with Crippen molar-refractivity contribution in [2.75, 3.05) is 13.7 Å². The van der Waals surface area contributed by atoms with E-state index < -0.39 is 5.54 Å². The van der Waals surface area contributed by atoms with Crippen molar-refractivity contribution in [1.29, 1.82) is 0 Å². The van der Waals surface area contributed by atoms with Gasteiger partial charge in [0.15, 0.2) is 0 Å². The first-order valence-electron chi connectivity index (χ1n) is 6.65. The minimum atomic E-state index is -0.737. The molecule has 0 aliphatic carbocycles. The Hall–Kier alpha value is -1.07. The molecule has 0 amide bonds. The van der Waals surface area contributed by atoms with Crippen LogP contribution < -0.4 is 10.1 Å². The first-order chi connectivity index (χ1) is 9.40. The second-order valence-corrected chi connectivity index (χ2v) is 5.99. The second kappa shape index (κ2) is 7.64. The van der Waals surface area contributed by atoms with E-state index >= 15 is 0 Å². The molecule has 0 radical (unpaired) electrons. The van der Waals surface area contributed by atoms with Gasteiger partial charge in [0.05, 0.1) is 13.7 Å². The molecule has 20 heavy (non-hydrogen) atoms. The summed E-state index contributed by atoms with van der Waals surface area (Å²) in [6, 6.07) is 5.87. The van der Waals surface area contributed by atoms with Crippen molar-refractivity contribution >= 4 is 21.9 Å². The van der Waals surface area contributed by atoms with Gasteiger partial charge in [-0.3, -0.25) is 10.1 Å². The first kappa shape index (κ1) is 17.0. The van der Waals surface area contributed by atoms with E-state index in [1.54, 1.807) is 13.8 Å². The van der Waals surface area contributed by atoms with Crippen LogP contribution in [0.15, 0.2) is 22.7 Å². The van der Waals surface area contributed by atoms with Crippen LogP contribution in [0.3, 0.4) is 0 Å². The smallest absolute Gasteiger partial charge is 0.325 e. The van der Waals surface area contributed by atoms with E-state index in [0.29, 0.717) is 13.2 Å². The molecule has 0 aliphatic rings. The Morgan fingerprint density at radius 1 is 1.40 bits per heavy atom. The van der Waals surface area contributed by atoms with Gasteiger partial charge in [0.2, 0.25) is 0 Å². The largest absolute Gasteiger partial charge is 0.493 e. The lowest BCUT2D eigenvalue weighted by Gasteiger charge is -2.24. The summed E-state index contributed by atoms with van der Waals surface area (Å²) < 4.78 is 11.5. The van der Waals surface area contributed by atoms with Crippen LogP contribution in [0.4, 0.5) is 0 Å². The Morgan fingerprint density at radius 3 is 2.70 bits per heavy atom. The fraction of sp³-hybridized carbons (Fsp3) is 0.533. The lowest BCUT2D eigenvalue weighted by Crippen LogP contribution is -2.47. The minimum absolute atomic E-state index is 0.288. The molecule has 4 nitrogen and oxygen atoms in total. The molecule has 0 saturated carbocycles. The highest BCUT2D eigenvalue weighted by Gasteiger charge is 2.28. The number of nitrogens with one attached hydrogen (secondary N) is 1. The van der Waals surface area contributed by atoms with Gasteiger partial charge in [-0.25, -0.2) is 0 Å². The summed E-state index contributed by atoms with van der Waals surface area (Å²) in [5.74, 6) is 0.548. The van der Waals surface area contributed by atoms with Crippen molar-refractivity contribution in [3.63, 3.8) is 0 Å². The Kier molecular flexibility index (Phi) is 6.49. The molecule has 0 fully saturated rings. The van der Waals surface area contributed by atoms with Gasteiger partial charge in [-0.15, -0.1) is 0 Å². The summed E-state index contributed by atoms with van der Waals surface area (Å²) in [5, 5.41) is 3.19. The van der Waals surface area contributed by atoms with Crippen LogP contribution >= 0.6 is 15.9 Å². The highest BCUT2D eigenvalue weighted by atomic mass is 79.9. The van der Waals surface area contributed by atoms with Gasteiger partial charge in [-0.2, -0.15) is 0 Å². The average Bonchev–Trinajstić information content (AvgIpc) is 2.43. The van der Waals surface area contributed by atoms with Crippen molar-refractivity contribution in [2.45, 2.75) is 39.3 Å². The molecule has 1 aromatic carbocycles. The molecule has 0 saturated heterocycles. The normalized spacial score (nSPS) is 11.2. The Morgan fingerprint density at radius 2 is 2.10 bits per heavy atom. The zero-order valence-corrected chi connectivity index (χ0v) is 14.0. The molecular formula is C15H22BrNO3. The number of methoxy groups -OCH3 is 1. The molecule has 1 aromatic rings. The van der Waals surface area contributed by atoms with Crippen LogP contribution in [0.2, 0.25) is 0 Å². The number of halogens is 1. The van der Waals surface area contributed by atoms with Gasteiger partial charge in [-0.1, -0.05) is 22.9 Å². The van der Waals surface area contributed by atoms with E-state index in [1.807, 2.05) is 18.2 Å². The van der Waals surface area contributed by atoms with Crippen LogP contribution in [0, 0.1) is 0 Å². The van der Waals surface area contributed by atoms with Crippen molar-refractivity contribution in [1.82, 2.24) is 5.32 Å². The Bertz CT molecular complexity index is 460. The number of carbonyl (C=O) groups excluding carboxylic acids is 1. The molecule has 112 valence electrons. The highest BCUT2D eigenvalue weighted by molar-refractivity contribution is 9.10. The monoisotopic (exact) mass is 343 g/mol. The van der Waals surface area contributed by atoms with Crippen LogP contribution in [-0.2, 0) is 16.1 Å². The quantitative estimate of drug-likeness (QED) is 0.771. The van der Waals surface area contributed by atoms with Gasteiger partial charge >= 0.3 is 5.97 Å². The summed E-state index contributed by atoms with van der Waals surface area (Å²) in [6.07, 6.45) is 0.955. The van der Waals surface area contributed by atoms with Crippen molar-refractivity contribution in [3.8, 4) is 5.75 Å². The van der Waals surface area contributed by atoms with E-state index in [0.717, 1.165) is 22.2 Å². The maximum atomic E-state index is 11.7. The van der Waals surface area contributed by atoms with Gasteiger partial charge in [0.25, 0.3) is 0 Å². The Labute approximate surface area is 129 Å². The van der Waals surface area contributed by atoms with Crippen LogP contribution in [0.25, 0.3) is 0 Å². The number of hydrogen-bond donors (Lipinski definition) is 1. The number of rotatable bonds is 7. The topological polar surface area (TPSA) is 47.6 Å². The number of esters is 1. The fourth-order valence-corrected chi connectivity index (χ4v) is 2.09. The zero-order valence-electron chi connectivity index (χ0n) is 12.5. The third kappa shape index (κ3) is 4.80. The van der Waals surface area contributed by atoms with Crippen LogP contribution in [-0.4, -0.2) is 25.2 Å². The summed E-state index contributed by atoms with van der Waals surface area (Å²) >= 11 is 3.45. The minimum Gasteiger partial charge on any atom is -0.493 e. The van der Waals surface area contributed by atoms with E-state index in [1.165, 1.54) is 7.11 Å². The van der Waals surface area contributed by atoms with Crippen LogP contribution in [0.1, 0.15) is 32.8 Å². The maximum Gasteiger partial charge on any atom is 0.325 e. The Balaban J connectivity index is 2.80. The van der Waals surface area contributed by atoms with Gasteiger partial charge in [0.1, 0.15) is 11.3 Å². The van der Waals surface area contributed by atoms with E-state index in [-0.39, 0.29) is 5.97 Å². The third-order valence-electron chi connectivity index (χ3n) is 2.90. The molecule has 0 heterocycles. The zero-order chi connectivity index (χ0) is 15.2. The number of carbonyl (C=O) groups is 1. The molecule has 1 N–H and O–H groups in total. The SMILES string of the molecule is CCCOc1ccc(Br)cc1CNC(C)(C)C(=O)OC. The van der Waals surface area contributed by atoms with Gasteiger partial charge in [0, 0.05) is 16.6 Å². The number of benzene rings is 1. The van der Waals surface area contributed by atoms with E-state index in [2.05, 4.69) is 28.2 Å². The predicted molar refractivity (Wildman–Crippen MR) is 82.9 cm³/mol. The molecule has 0 atom stereocenters. The van der Waals surface area contributed by atoms with Gasteiger partial charge < -0.3 is 9.47 Å². The molecule has 0 unspecified atom stereocenters. The van der Waals surface area contributed by atoms with E-state index in [4.69, 9.17) is 9.47 Å². The molecule has 0 aliphatic heterocycles. The number of ether oxygens (including phenoxy) is 2. The van der Waals surface area contributed by atoms with E-state index in [9.17, 15) is 4.79 Å². The first-order valence-corrected chi connectivity index (χ1v) is 7.44. The van der Waals surface area contributed by atoms with Crippen molar-refractivity contribution in [2.24, 2.45) is 0 Å². The average molecular weight is 344 g/mol. The lowest BCUT2D eigenvalue weighted by atomic mass is 10.1. The van der Waals surface area contributed by atoms with Crippen molar-refractivity contribution < 1.29 is 14.3 Å². The second-order valence-electron chi connectivity index (χ2n) is 5.07. The number of hydrogen-bond acceptors (Lipinski definition) is 4. The molecular weight excluding hydrogens is 322 g/mol. The predicted octanol–water partition coefficient (Wildman–Crippen LogP) is 3.28. The molecule has 0 aromatic heterocycles. The summed E-state index contributed by atoms with van der Waals surface area (Å²) in [7, 11) is 1.39. The van der Waals surface area contributed by atoms with Crippen LogP contribution in [0.5, 0.6) is 5.75 Å². The highest BCUT2D eigenvalue weighted by Crippen LogP contribution is 2.24. The summed E-state index contributed by atoms with van der Waals surface area (Å²) in [6.45, 7) is 6.86. The lowest BCUT2D eigenvalue weighted by molar-refractivity contribution is -0.147. The molecule has 5 heteroatoms. The molecule has 1 rings (SSSR count). The summed E-state index contributed by atoms with van der Waals surface area (Å²) in [4.78, 5) is 11.7. The standard InChI is InChI=1S/C15H22BrNO3/c1-5-8-20-13-7-6-12(16)9-11(13)10-17-15(2,3)14(18)19-4/h6-7,9,17H,5,8,10H2,1-4H3. The molecule has 0 spiro atoms. The summed E-state index contributed by atoms with van der Waals surface area (Å²) in [5.41, 5.74) is 0.267. The van der Waals surface area contributed by atoms with Gasteiger partial charge in [-0.05, 0) is 38.5 Å². The maximum absolute atomic E-state index is 11.7. The fourth-order valence-electron chi connectivity index (χ4n) is 1.68. The van der Waals surface area contributed by atoms with Crippen molar-refractivity contribution in [3.05, 3.63) is 28.2 Å².